The number of benzene rings is 1. The first-order valence-electron chi connectivity index (χ1n) is 11.4. The molecule has 1 aliphatic carbocycles. The number of aromatic nitrogens is 5. The van der Waals surface area contributed by atoms with Gasteiger partial charge in [-0.25, -0.2) is 22.3 Å². The molecule has 5 rings (SSSR count). The van der Waals surface area contributed by atoms with Gasteiger partial charge >= 0.3 is 5.69 Å². The zero-order chi connectivity index (χ0) is 25.7. The normalized spacial score (nSPS) is 14.9. The van der Waals surface area contributed by atoms with Gasteiger partial charge in [-0.1, -0.05) is 6.07 Å². The van der Waals surface area contributed by atoms with Crippen molar-refractivity contribution in [1.82, 2.24) is 28.6 Å². The molecule has 1 fully saturated rings. The highest BCUT2D eigenvalue weighted by molar-refractivity contribution is 7.89. The molecular weight excluding hydrogens is 487 g/mol. The largest absolute Gasteiger partial charge is 0.332 e. The molecule has 4 aromatic rings. The van der Waals surface area contributed by atoms with Crippen LogP contribution in [-0.2, 0) is 30.2 Å². The van der Waals surface area contributed by atoms with Crippen LogP contribution >= 0.6 is 0 Å². The molecule has 0 spiro atoms. The van der Waals surface area contributed by atoms with Gasteiger partial charge in [-0.05, 0) is 49.1 Å². The Morgan fingerprint density at radius 3 is 2.44 bits per heavy atom. The molecule has 0 amide bonds. The van der Waals surface area contributed by atoms with E-state index in [4.69, 9.17) is 0 Å². The predicted octanol–water partition coefficient (Wildman–Crippen LogP) is 1.48. The molecule has 0 bridgehead atoms. The summed E-state index contributed by atoms with van der Waals surface area (Å²) in [5, 5.41) is 4.16. The van der Waals surface area contributed by atoms with Crippen LogP contribution in [0.15, 0.2) is 63.5 Å². The minimum Gasteiger partial charge on any atom is -0.289 e. The molecule has 36 heavy (non-hydrogen) atoms. The first-order chi connectivity index (χ1) is 17.1. The second-order valence-electron chi connectivity index (χ2n) is 9.35. The van der Waals surface area contributed by atoms with E-state index in [-0.39, 0.29) is 23.4 Å². The van der Waals surface area contributed by atoms with E-state index in [1.165, 1.54) is 22.8 Å². The maximum Gasteiger partial charge on any atom is 0.332 e. The van der Waals surface area contributed by atoms with Gasteiger partial charge in [0.2, 0.25) is 10.0 Å². The lowest BCUT2D eigenvalue weighted by atomic mass is 10.2. The Hall–Kier alpha value is -3.64. The van der Waals surface area contributed by atoms with E-state index in [1.54, 1.807) is 36.5 Å². The molecule has 0 radical (unpaired) electrons. The third-order valence-electron chi connectivity index (χ3n) is 6.34. The average Bonchev–Trinajstić information content (AvgIpc) is 3.49. The molecule has 3 heterocycles. The third-order valence-corrected chi connectivity index (χ3v) is 7.91. The lowest BCUT2D eigenvalue weighted by molar-refractivity contribution is 0.393. The van der Waals surface area contributed by atoms with E-state index < -0.39 is 33.5 Å². The van der Waals surface area contributed by atoms with E-state index in [0.29, 0.717) is 23.9 Å². The van der Waals surface area contributed by atoms with Crippen LogP contribution in [0.1, 0.15) is 29.5 Å². The molecule has 0 unspecified atom stereocenters. The minimum absolute atomic E-state index is 0.0340. The number of nitrogens with one attached hydrogen (secondary N) is 1. The smallest absolute Gasteiger partial charge is 0.289 e. The molecule has 188 valence electrons. The van der Waals surface area contributed by atoms with Gasteiger partial charge < -0.3 is 0 Å². The Balaban J connectivity index is 1.68. The summed E-state index contributed by atoms with van der Waals surface area (Å²) in [7, 11) is -2.35. The van der Waals surface area contributed by atoms with Crippen molar-refractivity contribution >= 4 is 20.9 Å². The zero-order valence-corrected chi connectivity index (χ0v) is 20.6. The van der Waals surface area contributed by atoms with Crippen molar-refractivity contribution in [3.63, 3.8) is 0 Å². The van der Waals surface area contributed by atoms with Crippen LogP contribution in [0.25, 0.3) is 10.9 Å². The Labute approximate surface area is 206 Å². The first kappa shape index (κ1) is 24.1. The summed E-state index contributed by atoms with van der Waals surface area (Å²) >= 11 is 0. The summed E-state index contributed by atoms with van der Waals surface area (Å²) < 4.78 is 45.8. The maximum absolute atomic E-state index is 13.5. The number of aryl methyl sites for hydroxylation is 2. The molecule has 1 saturated carbocycles. The topological polar surface area (TPSA) is 121 Å². The molecule has 12 heteroatoms. The number of halogens is 1. The first-order valence-corrected chi connectivity index (χ1v) is 12.8. The van der Waals surface area contributed by atoms with Crippen molar-refractivity contribution in [2.24, 2.45) is 7.05 Å². The Morgan fingerprint density at radius 1 is 1.06 bits per heavy atom. The Morgan fingerprint density at radius 2 is 1.81 bits per heavy atom. The number of pyridine rings is 1. The van der Waals surface area contributed by atoms with Crippen molar-refractivity contribution in [3.05, 3.63) is 86.6 Å². The summed E-state index contributed by atoms with van der Waals surface area (Å²) in [4.78, 5) is 31.0. The third kappa shape index (κ3) is 4.49. The number of rotatable bonds is 8. The molecule has 0 atom stereocenters. The molecule has 3 aromatic heterocycles. The lowest BCUT2D eigenvalue weighted by Crippen LogP contribution is -2.41. The second kappa shape index (κ2) is 8.79. The number of nitrogens with zero attached hydrogens (tertiary/aromatic N) is 5. The number of fused-ring (bicyclic) bond motifs is 1. The van der Waals surface area contributed by atoms with Gasteiger partial charge in [0.25, 0.3) is 5.56 Å². The summed E-state index contributed by atoms with van der Waals surface area (Å²) in [5.41, 5.74) is 0.355. The van der Waals surface area contributed by atoms with Gasteiger partial charge in [0.1, 0.15) is 6.67 Å². The monoisotopic (exact) mass is 512 g/mol. The number of hydrogen-bond donors (Lipinski definition) is 1. The van der Waals surface area contributed by atoms with Crippen LogP contribution in [0.5, 0.6) is 0 Å². The Bertz CT molecular complexity index is 1700. The molecular formula is C24H25FN6O4S. The van der Waals surface area contributed by atoms with Crippen LogP contribution in [-0.4, -0.2) is 44.5 Å². The number of hydrogen-bond acceptors (Lipinski definition) is 6. The molecule has 0 saturated heterocycles. The van der Waals surface area contributed by atoms with Gasteiger partial charge in [-0.15, -0.1) is 0 Å². The fourth-order valence-corrected chi connectivity index (χ4v) is 5.71. The molecule has 1 aromatic carbocycles. The average molecular weight is 513 g/mol. The van der Waals surface area contributed by atoms with Crippen LogP contribution in [0.2, 0.25) is 0 Å². The molecule has 1 aliphatic rings. The lowest BCUT2D eigenvalue weighted by Gasteiger charge is -2.16. The van der Waals surface area contributed by atoms with Crippen molar-refractivity contribution in [2.75, 3.05) is 6.67 Å². The summed E-state index contributed by atoms with van der Waals surface area (Å²) in [5.74, 6) is 0. The van der Waals surface area contributed by atoms with E-state index in [2.05, 4.69) is 14.8 Å². The van der Waals surface area contributed by atoms with Gasteiger partial charge in [0, 0.05) is 31.2 Å². The van der Waals surface area contributed by atoms with Crippen LogP contribution in [0, 0.1) is 6.92 Å². The van der Waals surface area contributed by atoms with Crippen LogP contribution < -0.4 is 16.0 Å². The maximum atomic E-state index is 13.5. The highest BCUT2D eigenvalue weighted by Gasteiger charge is 2.46. The minimum atomic E-state index is -4.08. The highest BCUT2D eigenvalue weighted by Crippen LogP contribution is 2.37. The summed E-state index contributed by atoms with van der Waals surface area (Å²) in [6.07, 6.45) is 7.42. The summed E-state index contributed by atoms with van der Waals surface area (Å²) in [6.45, 7) is 1.18. The standard InChI is InChI=1S/C24H25FN6O4S/c1-16-7-17(10-26-9-16)13-30-21-4-3-19(36(34,35)28-24(15-25)5-6-24)8-20(21)22(32)31(23(30)33)14-18-11-27-29(2)12-18/h3-4,7-12,28H,5-6,13-15H2,1-2H3. The Kier molecular flexibility index (Phi) is 5.87. The van der Waals surface area contributed by atoms with Gasteiger partial charge in [-0.3, -0.25) is 23.6 Å². The number of sulfonamides is 1. The molecule has 0 aliphatic heterocycles. The van der Waals surface area contributed by atoms with Gasteiger partial charge in [0.15, 0.2) is 0 Å². The van der Waals surface area contributed by atoms with Gasteiger partial charge in [0.05, 0.1) is 40.6 Å². The summed E-state index contributed by atoms with van der Waals surface area (Å²) in [6, 6.07) is 5.91. The van der Waals surface area contributed by atoms with Crippen molar-refractivity contribution in [3.8, 4) is 0 Å². The fraction of sp³-hybridized carbons (Fsp3) is 0.333. The quantitative estimate of drug-likeness (QED) is 0.382. The highest BCUT2D eigenvalue weighted by atomic mass is 32.2. The molecule has 10 nitrogen and oxygen atoms in total. The second-order valence-corrected chi connectivity index (χ2v) is 11.0. The predicted molar refractivity (Wildman–Crippen MR) is 131 cm³/mol. The van der Waals surface area contributed by atoms with Crippen molar-refractivity contribution in [2.45, 2.75) is 43.3 Å². The van der Waals surface area contributed by atoms with Crippen LogP contribution in [0.4, 0.5) is 4.39 Å². The van der Waals surface area contributed by atoms with Crippen LogP contribution in [0.3, 0.4) is 0 Å². The zero-order valence-electron chi connectivity index (χ0n) is 19.8. The fourth-order valence-electron chi connectivity index (χ4n) is 4.24. The van der Waals surface area contributed by atoms with Gasteiger partial charge in [-0.2, -0.15) is 5.10 Å². The van der Waals surface area contributed by atoms with E-state index in [0.717, 1.165) is 15.7 Å². The van der Waals surface area contributed by atoms with E-state index in [1.807, 2.05) is 13.0 Å². The van der Waals surface area contributed by atoms with Crippen molar-refractivity contribution < 1.29 is 12.8 Å². The number of alkyl halides is 1. The van der Waals surface area contributed by atoms with Crippen molar-refractivity contribution in [1.29, 1.82) is 0 Å². The van der Waals surface area contributed by atoms with E-state index in [9.17, 15) is 22.4 Å². The van der Waals surface area contributed by atoms with E-state index >= 15 is 0 Å². The SMILES string of the molecule is Cc1cncc(Cn2c(=O)n(Cc3cnn(C)c3)c(=O)c3cc(S(=O)(=O)NC4(CF)CC4)ccc32)c1. The molecule has 1 N–H and O–H groups in total.